The van der Waals surface area contributed by atoms with Gasteiger partial charge in [-0.2, -0.15) is 0 Å². The Morgan fingerprint density at radius 3 is 2.53 bits per heavy atom. The number of hydrogen-bond donors (Lipinski definition) is 1. The molecular weight excluding hydrogens is 241 g/mol. The first kappa shape index (κ1) is 14.1. The summed E-state index contributed by atoms with van der Waals surface area (Å²) in [6, 6.07) is 3.96. The Balaban J connectivity index is 2.58. The maximum Gasteiger partial charge on any atom is 0.126 e. The van der Waals surface area contributed by atoms with Crippen molar-refractivity contribution in [3.8, 4) is 0 Å². The minimum atomic E-state index is -1.28. The molecule has 96 valence electrons. The molecule has 0 saturated heterocycles. The van der Waals surface area contributed by atoms with Crippen molar-refractivity contribution in [2.75, 3.05) is 18.1 Å². The Bertz CT molecular complexity index is 395. The van der Waals surface area contributed by atoms with Gasteiger partial charge in [0.25, 0.3) is 0 Å². The van der Waals surface area contributed by atoms with Gasteiger partial charge in [0.15, 0.2) is 0 Å². The van der Waals surface area contributed by atoms with E-state index in [-0.39, 0.29) is 11.3 Å². The van der Waals surface area contributed by atoms with Gasteiger partial charge in [-0.15, -0.1) is 0 Å². The minimum Gasteiger partial charge on any atom is -0.399 e. The molecule has 5 heteroatoms. The molecule has 0 bridgehead atoms. The molecule has 0 aromatic heterocycles. The van der Waals surface area contributed by atoms with E-state index >= 15 is 0 Å². The highest BCUT2D eigenvalue weighted by atomic mass is 32.2. The van der Waals surface area contributed by atoms with Gasteiger partial charge >= 0.3 is 0 Å². The molecule has 0 aliphatic carbocycles. The third-order valence-electron chi connectivity index (χ3n) is 1.96. The van der Waals surface area contributed by atoms with Gasteiger partial charge in [-0.25, -0.2) is 4.39 Å². The summed E-state index contributed by atoms with van der Waals surface area (Å²) >= 11 is 0. The van der Waals surface area contributed by atoms with E-state index in [1.807, 2.05) is 20.8 Å². The van der Waals surface area contributed by atoms with Gasteiger partial charge in [-0.05, 0) is 39.0 Å². The lowest BCUT2D eigenvalue weighted by molar-refractivity contribution is 0.00668. The van der Waals surface area contributed by atoms with Gasteiger partial charge < -0.3 is 10.5 Å². The molecule has 2 N–H and O–H groups in total. The summed E-state index contributed by atoms with van der Waals surface area (Å²) in [6.07, 6.45) is 0. The molecular formula is C12H18FNO2S. The average molecular weight is 259 g/mol. The summed E-state index contributed by atoms with van der Waals surface area (Å²) in [5, 5.41) is 0. The SMILES string of the molecule is CC(C)(C)OCCS(=O)c1cc(N)cc(F)c1. The van der Waals surface area contributed by atoms with Crippen LogP contribution in [-0.2, 0) is 15.5 Å². The maximum atomic E-state index is 13.1. The number of nitrogen functional groups attached to an aromatic ring is 1. The molecule has 1 atom stereocenters. The molecule has 0 radical (unpaired) electrons. The van der Waals surface area contributed by atoms with Crippen LogP contribution in [0, 0.1) is 5.82 Å². The lowest BCUT2D eigenvalue weighted by atomic mass is 10.2. The van der Waals surface area contributed by atoms with E-state index in [9.17, 15) is 8.60 Å². The highest BCUT2D eigenvalue weighted by Gasteiger charge is 2.12. The van der Waals surface area contributed by atoms with Crippen LogP contribution in [0.15, 0.2) is 23.1 Å². The summed E-state index contributed by atoms with van der Waals surface area (Å²) in [5.41, 5.74) is 5.51. The van der Waals surface area contributed by atoms with E-state index in [1.54, 1.807) is 0 Å². The average Bonchev–Trinajstić information content (AvgIpc) is 2.13. The third-order valence-corrected chi connectivity index (χ3v) is 3.26. The topological polar surface area (TPSA) is 52.3 Å². The van der Waals surface area contributed by atoms with E-state index in [2.05, 4.69) is 0 Å². The maximum absolute atomic E-state index is 13.1. The zero-order valence-electron chi connectivity index (χ0n) is 10.3. The fourth-order valence-corrected chi connectivity index (χ4v) is 2.24. The molecule has 0 fully saturated rings. The summed E-state index contributed by atoms with van der Waals surface area (Å²) < 4.78 is 30.4. The summed E-state index contributed by atoms with van der Waals surface area (Å²) in [5.74, 6) is -0.134. The first-order valence-electron chi connectivity index (χ1n) is 5.36. The van der Waals surface area contributed by atoms with Crippen LogP contribution >= 0.6 is 0 Å². The Labute approximate surface area is 104 Å². The zero-order chi connectivity index (χ0) is 13.1. The second-order valence-electron chi connectivity index (χ2n) is 4.73. The molecule has 1 rings (SSSR count). The summed E-state index contributed by atoms with van der Waals surface area (Å²) in [4.78, 5) is 0.403. The van der Waals surface area contributed by atoms with Crippen molar-refractivity contribution in [1.29, 1.82) is 0 Å². The highest BCUT2D eigenvalue weighted by Crippen LogP contribution is 2.15. The standard InChI is InChI=1S/C12H18FNO2S/c1-12(2,3)16-4-5-17(15)11-7-9(13)6-10(14)8-11/h6-8H,4-5,14H2,1-3H3. The van der Waals surface area contributed by atoms with E-state index in [1.165, 1.54) is 18.2 Å². The Morgan fingerprint density at radius 2 is 2.00 bits per heavy atom. The quantitative estimate of drug-likeness (QED) is 0.844. The number of ether oxygens (including phenoxy) is 1. The van der Waals surface area contributed by atoms with Crippen LogP contribution in [0.2, 0.25) is 0 Å². The molecule has 0 spiro atoms. The smallest absolute Gasteiger partial charge is 0.126 e. The van der Waals surface area contributed by atoms with Gasteiger partial charge in [0.05, 0.1) is 28.8 Å². The lowest BCUT2D eigenvalue weighted by Crippen LogP contribution is -2.22. The molecule has 17 heavy (non-hydrogen) atoms. The van der Waals surface area contributed by atoms with Gasteiger partial charge in [0.2, 0.25) is 0 Å². The van der Waals surface area contributed by atoms with Crippen molar-refractivity contribution in [3.63, 3.8) is 0 Å². The van der Waals surface area contributed by atoms with Crippen LogP contribution in [0.5, 0.6) is 0 Å². The highest BCUT2D eigenvalue weighted by molar-refractivity contribution is 7.85. The lowest BCUT2D eigenvalue weighted by Gasteiger charge is -2.19. The number of halogens is 1. The Morgan fingerprint density at radius 1 is 1.35 bits per heavy atom. The Hall–Kier alpha value is -0.940. The molecule has 1 unspecified atom stereocenters. The van der Waals surface area contributed by atoms with Crippen LogP contribution < -0.4 is 5.73 Å². The molecule has 1 aromatic carbocycles. The van der Waals surface area contributed by atoms with Gasteiger partial charge in [-0.1, -0.05) is 0 Å². The van der Waals surface area contributed by atoms with Crippen molar-refractivity contribution in [2.24, 2.45) is 0 Å². The number of anilines is 1. The zero-order valence-corrected chi connectivity index (χ0v) is 11.1. The summed E-state index contributed by atoms with van der Waals surface area (Å²) in [6.45, 7) is 6.15. The van der Waals surface area contributed by atoms with Crippen LogP contribution in [-0.4, -0.2) is 22.2 Å². The van der Waals surface area contributed by atoms with Crippen molar-refractivity contribution in [3.05, 3.63) is 24.0 Å². The number of rotatable bonds is 4. The monoisotopic (exact) mass is 259 g/mol. The number of benzene rings is 1. The second kappa shape index (κ2) is 5.60. The van der Waals surface area contributed by atoms with Crippen molar-refractivity contribution in [1.82, 2.24) is 0 Å². The predicted octanol–water partition coefficient (Wildman–Crippen LogP) is 2.33. The predicted molar refractivity (Wildman–Crippen MR) is 67.8 cm³/mol. The fourth-order valence-electron chi connectivity index (χ4n) is 1.26. The Kier molecular flexibility index (Phi) is 4.65. The van der Waals surface area contributed by atoms with Crippen molar-refractivity contribution < 1.29 is 13.3 Å². The van der Waals surface area contributed by atoms with E-state index < -0.39 is 16.6 Å². The fraction of sp³-hybridized carbons (Fsp3) is 0.500. The van der Waals surface area contributed by atoms with Crippen molar-refractivity contribution >= 4 is 16.5 Å². The summed E-state index contributed by atoms with van der Waals surface area (Å²) in [7, 11) is -1.28. The molecule has 0 amide bonds. The molecule has 3 nitrogen and oxygen atoms in total. The van der Waals surface area contributed by atoms with E-state index in [0.717, 1.165) is 0 Å². The first-order valence-corrected chi connectivity index (χ1v) is 6.68. The van der Waals surface area contributed by atoms with Crippen LogP contribution in [0.3, 0.4) is 0 Å². The molecule has 0 saturated carbocycles. The van der Waals surface area contributed by atoms with E-state index in [4.69, 9.17) is 10.5 Å². The molecule has 0 heterocycles. The normalized spacial score (nSPS) is 13.6. The number of hydrogen-bond acceptors (Lipinski definition) is 3. The number of nitrogens with two attached hydrogens (primary N) is 1. The van der Waals surface area contributed by atoms with Gasteiger partial charge in [0, 0.05) is 10.6 Å². The van der Waals surface area contributed by atoms with Gasteiger partial charge in [-0.3, -0.25) is 4.21 Å². The van der Waals surface area contributed by atoms with Crippen LogP contribution in [0.25, 0.3) is 0 Å². The van der Waals surface area contributed by atoms with Crippen LogP contribution in [0.1, 0.15) is 20.8 Å². The first-order chi connectivity index (χ1) is 7.78. The van der Waals surface area contributed by atoms with Crippen LogP contribution in [0.4, 0.5) is 10.1 Å². The van der Waals surface area contributed by atoms with E-state index in [0.29, 0.717) is 17.3 Å². The van der Waals surface area contributed by atoms with Gasteiger partial charge in [0.1, 0.15) is 5.82 Å². The van der Waals surface area contributed by atoms with Crippen molar-refractivity contribution in [2.45, 2.75) is 31.3 Å². The molecule has 0 aliphatic rings. The molecule has 0 aliphatic heterocycles. The third kappa shape index (κ3) is 5.28. The largest absolute Gasteiger partial charge is 0.399 e. The minimum absolute atomic E-state index is 0.259. The molecule has 1 aromatic rings. The second-order valence-corrected chi connectivity index (χ2v) is 6.30.